The molecule has 4 rings (SSSR count). The largest absolute Gasteiger partial charge is 0.370 e. The Morgan fingerprint density at radius 1 is 1.09 bits per heavy atom. The first kappa shape index (κ1) is 25.1. The maximum atomic E-state index is 13.4. The summed E-state index contributed by atoms with van der Waals surface area (Å²) in [5, 5.41) is 4.15. The average molecular weight is 494 g/mol. The van der Waals surface area contributed by atoms with Gasteiger partial charge in [0.25, 0.3) is 5.91 Å². The highest BCUT2D eigenvalue weighted by Gasteiger charge is 2.30. The van der Waals surface area contributed by atoms with Crippen molar-refractivity contribution in [3.63, 3.8) is 0 Å². The maximum Gasteiger partial charge on any atom is 0.257 e. The van der Waals surface area contributed by atoms with E-state index in [9.17, 15) is 9.59 Å². The molecule has 186 valence electrons. The lowest BCUT2D eigenvalue weighted by Crippen LogP contribution is -2.40. The number of amides is 2. The van der Waals surface area contributed by atoms with Crippen molar-refractivity contribution in [2.75, 3.05) is 36.4 Å². The van der Waals surface area contributed by atoms with E-state index in [1.165, 1.54) is 17.1 Å². The number of piperidine rings is 1. The molecule has 0 aliphatic carbocycles. The van der Waals surface area contributed by atoms with Crippen molar-refractivity contribution in [1.82, 2.24) is 14.3 Å². The Morgan fingerprint density at radius 2 is 1.71 bits per heavy atom. The molecule has 35 heavy (non-hydrogen) atoms. The standard InChI is InChI=1S/C27H35N5O2S/c1-7-31(8-2)27(34)21-15-28-26-22(19(6)30-35-26)24(21)32-11-9-20(10-12-32)25(33)29-23-17(4)13-16(3)14-18(23)5/h13-15,20H,7-12H2,1-6H3,(H,29,33). The van der Waals surface area contributed by atoms with Crippen LogP contribution in [0.4, 0.5) is 11.4 Å². The lowest BCUT2D eigenvalue weighted by molar-refractivity contribution is -0.120. The second-order valence-electron chi connectivity index (χ2n) is 9.47. The molecule has 2 aromatic heterocycles. The van der Waals surface area contributed by atoms with Gasteiger partial charge in [0.05, 0.1) is 22.3 Å². The van der Waals surface area contributed by atoms with E-state index in [1.807, 2.05) is 39.5 Å². The van der Waals surface area contributed by atoms with Crippen molar-refractivity contribution in [2.45, 2.75) is 54.4 Å². The fourth-order valence-electron chi connectivity index (χ4n) is 5.17. The number of aromatic nitrogens is 2. The molecular weight excluding hydrogens is 458 g/mol. The molecule has 1 N–H and O–H groups in total. The summed E-state index contributed by atoms with van der Waals surface area (Å²) < 4.78 is 4.51. The van der Waals surface area contributed by atoms with E-state index in [4.69, 9.17) is 0 Å². The monoisotopic (exact) mass is 493 g/mol. The van der Waals surface area contributed by atoms with Gasteiger partial charge in [0.2, 0.25) is 5.91 Å². The summed E-state index contributed by atoms with van der Waals surface area (Å²) in [6.07, 6.45) is 3.17. The summed E-state index contributed by atoms with van der Waals surface area (Å²) in [5.74, 6) is 0.00917. The number of nitrogens with zero attached hydrogens (tertiary/aromatic N) is 4. The van der Waals surface area contributed by atoms with Crippen molar-refractivity contribution in [1.29, 1.82) is 0 Å². The number of pyridine rings is 1. The Kier molecular flexibility index (Phi) is 7.40. The minimum atomic E-state index is -0.0627. The zero-order valence-corrected chi connectivity index (χ0v) is 22.4. The highest BCUT2D eigenvalue weighted by molar-refractivity contribution is 7.13. The van der Waals surface area contributed by atoms with Crippen molar-refractivity contribution in [2.24, 2.45) is 5.92 Å². The normalized spacial score (nSPS) is 14.4. The smallest absolute Gasteiger partial charge is 0.257 e. The summed E-state index contributed by atoms with van der Waals surface area (Å²) in [7, 11) is 0. The molecule has 7 nitrogen and oxygen atoms in total. The van der Waals surface area contributed by atoms with E-state index in [0.717, 1.165) is 51.3 Å². The van der Waals surface area contributed by atoms with Crippen LogP contribution in [0.15, 0.2) is 18.3 Å². The number of hydrogen-bond acceptors (Lipinski definition) is 6. The Bertz CT molecular complexity index is 1230. The summed E-state index contributed by atoms with van der Waals surface area (Å²) in [4.78, 5) is 36.0. The van der Waals surface area contributed by atoms with Gasteiger partial charge in [0, 0.05) is 44.0 Å². The summed E-state index contributed by atoms with van der Waals surface area (Å²) in [5.41, 5.74) is 6.74. The van der Waals surface area contributed by atoms with E-state index in [1.54, 1.807) is 6.20 Å². The van der Waals surface area contributed by atoms with Gasteiger partial charge < -0.3 is 15.1 Å². The van der Waals surface area contributed by atoms with E-state index in [-0.39, 0.29) is 17.7 Å². The van der Waals surface area contributed by atoms with Crippen molar-refractivity contribution in [3.8, 4) is 0 Å². The number of benzene rings is 1. The Balaban J connectivity index is 1.57. The van der Waals surface area contributed by atoms with Crippen LogP contribution >= 0.6 is 11.5 Å². The topological polar surface area (TPSA) is 78.4 Å². The molecule has 0 radical (unpaired) electrons. The van der Waals surface area contributed by atoms with Gasteiger partial charge in [-0.15, -0.1) is 0 Å². The minimum Gasteiger partial charge on any atom is -0.370 e. The molecule has 1 saturated heterocycles. The van der Waals surface area contributed by atoms with Crippen LogP contribution in [0.25, 0.3) is 10.2 Å². The lowest BCUT2D eigenvalue weighted by Gasteiger charge is -2.35. The van der Waals surface area contributed by atoms with Crippen molar-refractivity contribution in [3.05, 3.63) is 46.3 Å². The van der Waals surface area contributed by atoms with E-state index in [2.05, 4.69) is 38.6 Å². The zero-order chi connectivity index (χ0) is 25.3. The third-order valence-corrected chi connectivity index (χ3v) is 7.88. The van der Waals surface area contributed by atoms with E-state index in [0.29, 0.717) is 31.7 Å². The molecule has 0 saturated carbocycles. The molecule has 1 aromatic carbocycles. The maximum absolute atomic E-state index is 13.4. The van der Waals surface area contributed by atoms with Gasteiger partial charge in [0.15, 0.2) is 0 Å². The van der Waals surface area contributed by atoms with Crippen LogP contribution < -0.4 is 10.2 Å². The number of aryl methyl sites for hydroxylation is 4. The number of carbonyl (C=O) groups is 2. The quantitative estimate of drug-likeness (QED) is 0.507. The van der Waals surface area contributed by atoms with Crippen LogP contribution in [0.2, 0.25) is 0 Å². The minimum absolute atomic E-state index is 0.00446. The van der Waals surface area contributed by atoms with Crippen LogP contribution in [0.1, 0.15) is 59.4 Å². The first-order valence-corrected chi connectivity index (χ1v) is 13.2. The highest BCUT2D eigenvalue weighted by Crippen LogP contribution is 2.37. The molecule has 0 atom stereocenters. The number of carbonyl (C=O) groups excluding carboxylic acids is 2. The summed E-state index contributed by atoms with van der Waals surface area (Å²) in [6.45, 7) is 14.8. The number of hydrogen-bond donors (Lipinski definition) is 1. The Morgan fingerprint density at radius 3 is 2.31 bits per heavy atom. The molecule has 1 fully saturated rings. The van der Waals surface area contributed by atoms with Crippen LogP contribution in [0, 0.1) is 33.6 Å². The molecule has 3 heterocycles. The van der Waals surface area contributed by atoms with Gasteiger partial charge in [-0.05, 0) is 77.0 Å². The number of nitrogens with one attached hydrogen (secondary N) is 1. The second kappa shape index (κ2) is 10.3. The van der Waals surface area contributed by atoms with E-state index < -0.39 is 0 Å². The zero-order valence-electron chi connectivity index (χ0n) is 21.6. The molecule has 2 amide bonds. The Hall–Kier alpha value is -3.00. The lowest BCUT2D eigenvalue weighted by atomic mass is 9.94. The predicted molar refractivity (Wildman–Crippen MR) is 144 cm³/mol. The first-order valence-electron chi connectivity index (χ1n) is 12.4. The second-order valence-corrected chi connectivity index (χ2v) is 10.2. The third kappa shape index (κ3) is 4.89. The molecule has 0 unspecified atom stereocenters. The molecule has 1 aliphatic heterocycles. The van der Waals surface area contributed by atoms with Crippen LogP contribution in [-0.2, 0) is 4.79 Å². The van der Waals surface area contributed by atoms with Crippen LogP contribution in [0.3, 0.4) is 0 Å². The number of fused-ring (bicyclic) bond motifs is 1. The SMILES string of the molecule is CCN(CC)C(=O)c1cnc2snc(C)c2c1N1CCC(C(=O)Nc2c(C)cc(C)cc2C)CC1. The van der Waals surface area contributed by atoms with Gasteiger partial charge in [-0.1, -0.05) is 17.7 Å². The molecule has 3 aromatic rings. The Labute approximate surface area is 211 Å². The van der Waals surface area contributed by atoms with Gasteiger partial charge in [-0.25, -0.2) is 4.98 Å². The van der Waals surface area contributed by atoms with Gasteiger partial charge in [-0.3, -0.25) is 9.59 Å². The van der Waals surface area contributed by atoms with E-state index >= 15 is 0 Å². The first-order chi connectivity index (χ1) is 16.7. The summed E-state index contributed by atoms with van der Waals surface area (Å²) in [6, 6.07) is 4.21. The molecule has 0 bridgehead atoms. The third-order valence-electron chi connectivity index (χ3n) is 7.04. The van der Waals surface area contributed by atoms with Crippen LogP contribution in [-0.4, -0.2) is 52.3 Å². The molecule has 0 spiro atoms. The molecule has 1 aliphatic rings. The highest BCUT2D eigenvalue weighted by atomic mass is 32.1. The molecular formula is C27H35N5O2S. The fourth-order valence-corrected chi connectivity index (χ4v) is 5.92. The fraction of sp³-hybridized carbons (Fsp3) is 0.481. The van der Waals surface area contributed by atoms with Gasteiger partial charge in [-0.2, -0.15) is 4.37 Å². The van der Waals surface area contributed by atoms with Gasteiger partial charge in [0.1, 0.15) is 4.83 Å². The predicted octanol–water partition coefficient (Wildman–Crippen LogP) is 5.26. The van der Waals surface area contributed by atoms with Crippen molar-refractivity contribution < 1.29 is 9.59 Å². The van der Waals surface area contributed by atoms with Gasteiger partial charge >= 0.3 is 0 Å². The number of anilines is 2. The molecule has 8 heteroatoms. The van der Waals surface area contributed by atoms with Crippen molar-refractivity contribution >= 4 is 44.9 Å². The summed E-state index contributed by atoms with van der Waals surface area (Å²) >= 11 is 1.37. The van der Waals surface area contributed by atoms with Crippen LogP contribution in [0.5, 0.6) is 0 Å². The number of rotatable bonds is 6. The average Bonchev–Trinajstić information content (AvgIpc) is 3.22.